The summed E-state index contributed by atoms with van der Waals surface area (Å²) in [6, 6.07) is -0.693. The van der Waals surface area contributed by atoms with Crippen LogP contribution in [0, 0.1) is 0 Å². The van der Waals surface area contributed by atoms with Crippen molar-refractivity contribution in [3.8, 4) is 11.5 Å². The number of likely N-dealkylation sites (tertiary alicyclic amines) is 1. The molecule has 7 nitrogen and oxygen atoms in total. The average Bonchev–Trinajstić information content (AvgIpc) is 3.19. The van der Waals surface area contributed by atoms with Crippen LogP contribution in [0.3, 0.4) is 0 Å². The number of carbonyl (C=O) groups is 2. The van der Waals surface area contributed by atoms with E-state index in [0.29, 0.717) is 55.6 Å². The minimum absolute atomic E-state index is 0.0381. The van der Waals surface area contributed by atoms with Gasteiger partial charge >= 0.3 is 0 Å². The topological polar surface area (TPSA) is 85.1 Å². The van der Waals surface area contributed by atoms with Crippen molar-refractivity contribution in [3.05, 3.63) is 10.3 Å². The molecule has 1 aromatic rings. The summed E-state index contributed by atoms with van der Waals surface area (Å²) in [5.74, 6) is 0.851. The zero-order valence-corrected chi connectivity index (χ0v) is 14.8. The van der Waals surface area contributed by atoms with E-state index in [0.717, 1.165) is 0 Å². The van der Waals surface area contributed by atoms with Gasteiger partial charge in [-0.15, -0.1) is 11.3 Å². The second-order valence-corrected chi connectivity index (χ2v) is 6.81. The minimum atomic E-state index is -0.505. The number of nitrogens with two attached hydrogens (primary N) is 1. The number of rotatable bonds is 4. The van der Waals surface area contributed by atoms with E-state index in [-0.39, 0.29) is 17.9 Å². The van der Waals surface area contributed by atoms with Gasteiger partial charge in [0.2, 0.25) is 5.91 Å². The van der Waals surface area contributed by atoms with Gasteiger partial charge in [-0.05, 0) is 20.3 Å². The monoisotopic (exact) mass is 353 g/mol. The van der Waals surface area contributed by atoms with Crippen LogP contribution in [-0.4, -0.2) is 66.5 Å². The molecule has 132 valence electrons. The lowest BCUT2D eigenvalue weighted by Gasteiger charge is -2.29. The highest BCUT2D eigenvalue weighted by Gasteiger charge is 2.41. The lowest BCUT2D eigenvalue weighted by Crippen LogP contribution is -2.47. The molecule has 2 aliphatic rings. The molecule has 2 aliphatic heterocycles. The molecule has 3 heterocycles. The Morgan fingerprint density at radius 2 is 2.04 bits per heavy atom. The molecule has 2 N–H and O–H groups in total. The molecule has 3 rings (SSSR count). The summed E-state index contributed by atoms with van der Waals surface area (Å²) in [5, 5.41) is 1.78. The summed E-state index contributed by atoms with van der Waals surface area (Å²) in [6.45, 7) is 6.39. The van der Waals surface area contributed by atoms with Gasteiger partial charge in [-0.25, -0.2) is 0 Å². The van der Waals surface area contributed by atoms with E-state index in [1.807, 2.05) is 13.8 Å². The van der Waals surface area contributed by atoms with Gasteiger partial charge in [-0.2, -0.15) is 0 Å². The van der Waals surface area contributed by atoms with Crippen LogP contribution in [-0.2, 0) is 4.79 Å². The van der Waals surface area contributed by atoms with Gasteiger partial charge in [0.15, 0.2) is 11.5 Å². The predicted octanol–water partition coefficient (Wildman–Crippen LogP) is 0.929. The Morgan fingerprint density at radius 3 is 2.75 bits per heavy atom. The molecular formula is C16H23N3O4S. The second-order valence-electron chi connectivity index (χ2n) is 5.93. The molecule has 0 saturated carbocycles. The molecule has 8 heteroatoms. The van der Waals surface area contributed by atoms with Crippen LogP contribution in [0.4, 0.5) is 0 Å². The highest BCUT2D eigenvalue weighted by Crippen LogP contribution is 2.40. The van der Waals surface area contributed by atoms with Crippen molar-refractivity contribution in [2.45, 2.75) is 32.4 Å². The molecule has 0 spiro atoms. The molecule has 0 bridgehead atoms. The molecule has 1 aromatic heterocycles. The molecule has 0 aromatic carbocycles. The number of hydrogen-bond acceptors (Lipinski definition) is 6. The molecule has 1 fully saturated rings. The van der Waals surface area contributed by atoms with Crippen molar-refractivity contribution in [3.63, 3.8) is 0 Å². The number of hydrogen-bond donors (Lipinski definition) is 1. The average molecular weight is 353 g/mol. The van der Waals surface area contributed by atoms with E-state index in [1.165, 1.54) is 11.3 Å². The molecule has 24 heavy (non-hydrogen) atoms. The van der Waals surface area contributed by atoms with Gasteiger partial charge in [0, 0.05) is 31.1 Å². The van der Waals surface area contributed by atoms with Crippen molar-refractivity contribution in [2.24, 2.45) is 5.73 Å². The first kappa shape index (κ1) is 17.0. The van der Waals surface area contributed by atoms with Gasteiger partial charge in [0.25, 0.3) is 5.91 Å². The Labute approximate surface area is 145 Å². The van der Waals surface area contributed by atoms with Gasteiger partial charge in [-0.1, -0.05) is 0 Å². The fourth-order valence-corrected chi connectivity index (χ4v) is 4.10. The second kappa shape index (κ2) is 6.98. The summed E-state index contributed by atoms with van der Waals surface area (Å²) < 4.78 is 11.1. The largest absolute Gasteiger partial charge is 0.485 e. The Morgan fingerprint density at radius 1 is 1.33 bits per heavy atom. The minimum Gasteiger partial charge on any atom is -0.485 e. The molecule has 2 atom stereocenters. The van der Waals surface area contributed by atoms with Crippen LogP contribution >= 0.6 is 11.3 Å². The smallest absolute Gasteiger partial charge is 0.268 e. The summed E-state index contributed by atoms with van der Waals surface area (Å²) >= 11 is 1.29. The van der Waals surface area contributed by atoms with Gasteiger partial charge < -0.3 is 25.0 Å². The Kier molecular flexibility index (Phi) is 4.96. The Bertz CT molecular complexity index is 629. The number of ether oxygens (including phenoxy) is 2. The maximum Gasteiger partial charge on any atom is 0.268 e. The molecule has 1 saturated heterocycles. The van der Waals surface area contributed by atoms with Gasteiger partial charge in [0.05, 0.1) is 0 Å². The van der Waals surface area contributed by atoms with Crippen LogP contribution < -0.4 is 15.2 Å². The maximum atomic E-state index is 13.0. The molecule has 0 unspecified atom stereocenters. The van der Waals surface area contributed by atoms with E-state index < -0.39 is 6.04 Å². The van der Waals surface area contributed by atoms with E-state index >= 15 is 0 Å². The summed E-state index contributed by atoms with van der Waals surface area (Å²) in [5.41, 5.74) is 6.05. The van der Waals surface area contributed by atoms with Crippen molar-refractivity contribution in [1.82, 2.24) is 9.80 Å². The summed E-state index contributed by atoms with van der Waals surface area (Å²) in [4.78, 5) is 29.6. The van der Waals surface area contributed by atoms with Crippen molar-refractivity contribution in [2.75, 3.05) is 32.8 Å². The van der Waals surface area contributed by atoms with E-state index in [4.69, 9.17) is 15.2 Å². The predicted molar refractivity (Wildman–Crippen MR) is 90.7 cm³/mol. The van der Waals surface area contributed by atoms with Crippen LogP contribution in [0.1, 0.15) is 29.9 Å². The quantitative estimate of drug-likeness (QED) is 0.870. The number of likely N-dealkylation sites (N-methyl/N-ethyl adjacent to an activating group) is 1. The number of fused-ring (bicyclic) bond motifs is 1. The third-order valence-electron chi connectivity index (χ3n) is 4.45. The molecule has 0 aliphatic carbocycles. The zero-order chi connectivity index (χ0) is 17.3. The molecule has 0 radical (unpaired) electrons. The first-order valence-electron chi connectivity index (χ1n) is 8.29. The van der Waals surface area contributed by atoms with Crippen LogP contribution in [0.25, 0.3) is 0 Å². The van der Waals surface area contributed by atoms with E-state index in [9.17, 15) is 9.59 Å². The third-order valence-corrected chi connectivity index (χ3v) is 5.38. The Hall–Kier alpha value is -1.80. The third kappa shape index (κ3) is 2.95. The highest BCUT2D eigenvalue weighted by atomic mass is 32.1. The van der Waals surface area contributed by atoms with Gasteiger partial charge in [-0.3, -0.25) is 9.59 Å². The van der Waals surface area contributed by atoms with Crippen LogP contribution in [0.2, 0.25) is 0 Å². The first-order valence-corrected chi connectivity index (χ1v) is 9.17. The number of thiophene rings is 1. The van der Waals surface area contributed by atoms with Crippen molar-refractivity contribution >= 4 is 23.2 Å². The summed E-state index contributed by atoms with van der Waals surface area (Å²) in [7, 11) is 0. The summed E-state index contributed by atoms with van der Waals surface area (Å²) in [6.07, 6.45) is 0.492. The van der Waals surface area contributed by atoms with E-state index in [2.05, 4.69) is 0 Å². The zero-order valence-electron chi connectivity index (χ0n) is 14.0. The van der Waals surface area contributed by atoms with Crippen LogP contribution in [0.15, 0.2) is 5.38 Å². The normalized spacial score (nSPS) is 22.5. The lowest BCUT2D eigenvalue weighted by molar-refractivity contribution is -0.134. The Balaban J connectivity index is 1.85. The van der Waals surface area contributed by atoms with Crippen molar-refractivity contribution in [1.29, 1.82) is 0 Å². The first-order chi connectivity index (χ1) is 11.6. The standard InChI is InChI=1S/C16H23N3O4S/c1-3-18(4-2)15(20)11-7-10(17)8-19(11)16(21)14-13-12(9-24-14)22-5-6-23-13/h9-11H,3-8,17H2,1-2H3/t10-,11+/m1/s1. The number of carbonyl (C=O) groups excluding carboxylic acids is 2. The SMILES string of the molecule is CCN(CC)C(=O)[C@@H]1C[C@@H](N)CN1C(=O)c1scc2c1OCCO2. The van der Waals surface area contributed by atoms with Gasteiger partial charge in [0.1, 0.15) is 24.1 Å². The lowest BCUT2D eigenvalue weighted by atomic mass is 10.1. The van der Waals surface area contributed by atoms with E-state index in [1.54, 1.807) is 15.2 Å². The molecular weight excluding hydrogens is 330 g/mol. The highest BCUT2D eigenvalue weighted by molar-refractivity contribution is 7.12. The molecule has 2 amide bonds. The van der Waals surface area contributed by atoms with Crippen LogP contribution in [0.5, 0.6) is 11.5 Å². The van der Waals surface area contributed by atoms with Crippen molar-refractivity contribution < 1.29 is 19.1 Å². The number of amides is 2. The number of nitrogens with zero attached hydrogens (tertiary/aromatic N) is 2. The fraction of sp³-hybridized carbons (Fsp3) is 0.625. The fourth-order valence-electron chi connectivity index (χ4n) is 3.21. The maximum absolute atomic E-state index is 13.0.